The van der Waals surface area contributed by atoms with Gasteiger partial charge in [-0.1, -0.05) is 65.7 Å². The lowest BCUT2D eigenvalue weighted by Gasteiger charge is -2.47. The normalized spacial score (nSPS) is 21.6. The number of carbonyl (C=O) groups is 1. The summed E-state index contributed by atoms with van der Waals surface area (Å²) in [5.41, 5.74) is 2.66. The molecule has 1 spiro atoms. The summed E-state index contributed by atoms with van der Waals surface area (Å²) in [5, 5.41) is -0.959. The Morgan fingerprint density at radius 3 is 2.41 bits per heavy atom. The molecule has 1 fully saturated rings. The van der Waals surface area contributed by atoms with E-state index in [1.165, 1.54) is 0 Å². The van der Waals surface area contributed by atoms with E-state index in [2.05, 4.69) is 4.40 Å². The van der Waals surface area contributed by atoms with Gasteiger partial charge in [-0.05, 0) is 58.0 Å². The molecule has 1 saturated heterocycles. The number of ether oxygens (including phenoxy) is 1. The topological polar surface area (TPSA) is 41.9 Å². The Morgan fingerprint density at radius 1 is 1.05 bits per heavy atom. The first-order valence-electron chi connectivity index (χ1n) is 12.1. The molecule has 1 amide bonds. The number of alkyl halides is 3. The maximum Gasteiger partial charge on any atom is 0.409 e. The Hall–Kier alpha value is -2.59. The van der Waals surface area contributed by atoms with Crippen LogP contribution in [-0.4, -0.2) is 35.8 Å². The molecule has 6 rings (SSSR count). The van der Waals surface area contributed by atoms with E-state index < -0.39 is 38.8 Å². The lowest BCUT2D eigenvalue weighted by atomic mass is 9.83. The number of fused-ring (bicyclic) bond motifs is 2. The Kier molecular flexibility index (Phi) is 6.49. The van der Waals surface area contributed by atoms with Crippen molar-refractivity contribution in [2.45, 2.75) is 36.0 Å². The number of rotatable bonds is 4. The Morgan fingerprint density at radius 2 is 1.74 bits per heavy atom. The van der Waals surface area contributed by atoms with Gasteiger partial charge in [0.1, 0.15) is 5.60 Å². The van der Waals surface area contributed by atoms with Crippen molar-refractivity contribution >= 4 is 46.8 Å². The molecule has 0 bridgehead atoms. The van der Waals surface area contributed by atoms with Crippen LogP contribution in [0.3, 0.4) is 0 Å². The highest BCUT2D eigenvalue weighted by Gasteiger charge is 2.60. The number of nitrogens with zero attached hydrogens (tertiary/aromatic N) is 2. The minimum atomic E-state index is -4.71. The first kappa shape index (κ1) is 26.6. The molecule has 0 aliphatic carbocycles. The molecular formula is C28H20Cl2F4N2O2S. The van der Waals surface area contributed by atoms with Crippen LogP contribution in [0.4, 0.5) is 17.6 Å². The van der Waals surface area contributed by atoms with Crippen LogP contribution in [0.1, 0.15) is 34.2 Å². The fraction of sp³-hybridized carbons (Fsp3) is 0.286. The molecule has 3 aromatic rings. The Bertz CT molecular complexity index is 1490. The molecule has 3 aliphatic rings. The minimum Gasteiger partial charge on any atom is -0.362 e. The molecule has 0 saturated carbocycles. The fourth-order valence-electron chi connectivity index (χ4n) is 5.37. The molecule has 0 aromatic heterocycles. The van der Waals surface area contributed by atoms with E-state index in [0.29, 0.717) is 37.0 Å². The van der Waals surface area contributed by atoms with Crippen molar-refractivity contribution in [3.63, 3.8) is 0 Å². The summed E-state index contributed by atoms with van der Waals surface area (Å²) >= 11 is 12.0. The van der Waals surface area contributed by atoms with Crippen LogP contribution in [0.15, 0.2) is 65.1 Å². The van der Waals surface area contributed by atoms with Crippen LogP contribution in [0.5, 0.6) is 0 Å². The SMILES string of the molecule is O=C(Cc1ccccc1)N1CC2(C1)OCc1cc(C3=NS[C@@](c4cc(Cl)c(F)c(Cl)c4)(C(F)(F)F)C3)ccc12. The van der Waals surface area contributed by atoms with Gasteiger partial charge < -0.3 is 9.64 Å². The highest BCUT2D eigenvalue weighted by Crippen LogP contribution is 2.57. The predicted octanol–water partition coefficient (Wildman–Crippen LogP) is 7.24. The van der Waals surface area contributed by atoms with Crippen LogP contribution in [0, 0.1) is 5.82 Å². The molecule has 3 heterocycles. The summed E-state index contributed by atoms with van der Waals surface area (Å²) < 4.78 is 65.1. The fourth-order valence-corrected chi connectivity index (χ4v) is 6.82. The van der Waals surface area contributed by atoms with Gasteiger partial charge in [0.25, 0.3) is 0 Å². The minimum absolute atomic E-state index is 0.0160. The number of hydrogen-bond donors (Lipinski definition) is 0. The van der Waals surface area contributed by atoms with Crippen molar-refractivity contribution in [1.29, 1.82) is 0 Å². The second-order valence-corrected chi connectivity index (χ2v) is 11.8. The molecule has 0 radical (unpaired) electrons. The first-order chi connectivity index (χ1) is 18.5. The third-order valence-electron chi connectivity index (χ3n) is 7.51. The third-order valence-corrected chi connectivity index (χ3v) is 9.30. The first-order valence-corrected chi connectivity index (χ1v) is 13.6. The van der Waals surface area contributed by atoms with Crippen LogP contribution >= 0.6 is 35.1 Å². The van der Waals surface area contributed by atoms with Crippen molar-refractivity contribution in [3.8, 4) is 0 Å². The smallest absolute Gasteiger partial charge is 0.362 e. The summed E-state index contributed by atoms with van der Waals surface area (Å²) in [6.07, 6.45) is -4.86. The van der Waals surface area contributed by atoms with E-state index in [9.17, 15) is 22.4 Å². The van der Waals surface area contributed by atoms with E-state index in [4.69, 9.17) is 27.9 Å². The molecule has 11 heteroatoms. The number of halogens is 6. The summed E-state index contributed by atoms with van der Waals surface area (Å²) in [7, 11) is 0. The number of hydrogen-bond acceptors (Lipinski definition) is 4. The van der Waals surface area contributed by atoms with Gasteiger partial charge >= 0.3 is 6.18 Å². The molecule has 202 valence electrons. The highest BCUT2D eigenvalue weighted by molar-refractivity contribution is 7.99. The van der Waals surface area contributed by atoms with E-state index in [0.717, 1.165) is 28.8 Å². The number of carbonyl (C=O) groups excluding carboxylic acids is 1. The highest BCUT2D eigenvalue weighted by atomic mass is 35.5. The lowest BCUT2D eigenvalue weighted by molar-refractivity contribution is -0.168. The van der Waals surface area contributed by atoms with Crippen LogP contribution in [0.2, 0.25) is 10.0 Å². The van der Waals surface area contributed by atoms with Crippen molar-refractivity contribution in [2.24, 2.45) is 4.40 Å². The number of likely N-dealkylation sites (tertiary alicyclic amines) is 1. The molecule has 3 aliphatic heterocycles. The molecule has 39 heavy (non-hydrogen) atoms. The summed E-state index contributed by atoms with van der Waals surface area (Å²) in [6.45, 7) is 1.13. The second kappa shape index (κ2) is 9.51. The summed E-state index contributed by atoms with van der Waals surface area (Å²) in [5.74, 6) is -0.949. The average molecular weight is 595 g/mol. The number of amides is 1. The van der Waals surface area contributed by atoms with Gasteiger partial charge in [-0.15, -0.1) is 0 Å². The monoisotopic (exact) mass is 594 g/mol. The van der Waals surface area contributed by atoms with Gasteiger partial charge in [0.15, 0.2) is 10.6 Å². The second-order valence-electron chi connectivity index (χ2n) is 9.95. The van der Waals surface area contributed by atoms with Gasteiger partial charge in [0, 0.05) is 6.42 Å². The third kappa shape index (κ3) is 4.43. The van der Waals surface area contributed by atoms with E-state index >= 15 is 0 Å². The quantitative estimate of drug-likeness (QED) is 0.182. The standard InChI is InChI=1S/C28H20Cl2F4N2O2S/c29-21-10-19(11-22(30)25(21)31)27(28(32,33)34)12-23(35-39-27)17-6-7-20-18(9-17)13-38-26(20)14-36(15-26)24(37)8-16-4-2-1-3-5-16/h1-7,9-11H,8,12-15H2/t27-/m0/s1. The predicted molar refractivity (Wildman–Crippen MR) is 143 cm³/mol. The van der Waals surface area contributed by atoms with Crippen LogP contribution in [0.25, 0.3) is 0 Å². The van der Waals surface area contributed by atoms with Crippen LogP contribution in [-0.2, 0) is 32.9 Å². The van der Waals surface area contributed by atoms with Crippen molar-refractivity contribution in [3.05, 3.63) is 104 Å². The van der Waals surface area contributed by atoms with Gasteiger partial charge in [0.05, 0.1) is 41.9 Å². The molecular weight excluding hydrogens is 575 g/mol. The van der Waals surface area contributed by atoms with Crippen molar-refractivity contribution in [1.82, 2.24) is 4.90 Å². The van der Waals surface area contributed by atoms with Gasteiger partial charge in [-0.2, -0.15) is 13.2 Å². The zero-order chi connectivity index (χ0) is 27.6. The summed E-state index contributed by atoms with van der Waals surface area (Å²) in [4.78, 5) is 14.5. The number of benzene rings is 3. The average Bonchev–Trinajstić information content (AvgIpc) is 3.50. The molecule has 4 nitrogen and oxygen atoms in total. The maximum atomic E-state index is 14.4. The van der Waals surface area contributed by atoms with Crippen LogP contribution < -0.4 is 0 Å². The molecule has 3 aromatic carbocycles. The van der Waals surface area contributed by atoms with Gasteiger partial charge in [0.2, 0.25) is 5.91 Å². The van der Waals surface area contributed by atoms with Crippen molar-refractivity contribution < 1.29 is 27.1 Å². The van der Waals surface area contributed by atoms with E-state index in [-0.39, 0.29) is 23.8 Å². The van der Waals surface area contributed by atoms with E-state index in [1.807, 2.05) is 36.4 Å². The zero-order valence-electron chi connectivity index (χ0n) is 20.2. The lowest BCUT2D eigenvalue weighted by Crippen LogP contribution is -2.61. The largest absolute Gasteiger partial charge is 0.409 e. The molecule has 0 unspecified atom stereocenters. The van der Waals surface area contributed by atoms with E-state index in [1.54, 1.807) is 17.0 Å². The Labute approximate surface area is 236 Å². The Balaban J connectivity index is 1.20. The summed E-state index contributed by atoms with van der Waals surface area (Å²) in [6, 6.07) is 16.8. The van der Waals surface area contributed by atoms with Gasteiger partial charge in [-0.25, -0.2) is 8.79 Å². The maximum absolute atomic E-state index is 14.4. The molecule has 1 atom stereocenters. The van der Waals surface area contributed by atoms with Crippen molar-refractivity contribution in [2.75, 3.05) is 13.1 Å². The zero-order valence-corrected chi connectivity index (χ0v) is 22.5. The van der Waals surface area contributed by atoms with Gasteiger partial charge in [-0.3, -0.25) is 4.79 Å². The molecule has 0 N–H and O–H groups in total.